The van der Waals surface area contributed by atoms with Crippen LogP contribution in [-0.2, 0) is 4.79 Å². The maximum atomic E-state index is 12.4. The Bertz CT molecular complexity index is 1210. The summed E-state index contributed by atoms with van der Waals surface area (Å²) in [6.07, 6.45) is 82.5. The van der Waals surface area contributed by atoms with Crippen LogP contribution >= 0.6 is 0 Å². The van der Waals surface area contributed by atoms with Crippen LogP contribution < -0.4 is 5.32 Å². The average molecular weight is 903 g/mol. The number of carbonyl (C=O) groups excluding carboxylic acids is 1. The highest BCUT2D eigenvalue weighted by Gasteiger charge is 2.20. The van der Waals surface area contributed by atoms with Crippen LogP contribution in [0, 0.1) is 0 Å². The highest BCUT2D eigenvalue weighted by molar-refractivity contribution is 5.76. The van der Waals surface area contributed by atoms with E-state index in [1.807, 2.05) is 0 Å². The van der Waals surface area contributed by atoms with Gasteiger partial charge in [0.1, 0.15) is 0 Å². The molecule has 4 heteroatoms. The number of aliphatic hydroxyl groups excluding tert-OH is 2. The van der Waals surface area contributed by atoms with Gasteiger partial charge in [0.2, 0.25) is 5.91 Å². The standard InChI is InChI=1S/C61H107NO3/c1-3-5-7-9-11-13-15-17-18-19-20-21-22-23-24-25-26-27-28-29-30-31-32-33-34-35-36-37-38-39-40-41-42-43-44-45-47-49-51-53-55-57-61(65)62-59(58-63)60(64)56-54-52-50-48-46-16-14-12-10-8-6-4-2/h5,7,11,13,17-18,20-21,23-24,26-27,29-30,32-33,59-60,63-64H,3-4,6,8-10,12,14-16,19,22,25,28,31,34-58H2,1-2H3,(H,62,65)/b7-5-,13-11-,18-17-,21-20-,24-23-,27-26-,30-29-,33-32-. The number of carbonyl (C=O) groups is 1. The lowest BCUT2D eigenvalue weighted by Crippen LogP contribution is -2.45. The van der Waals surface area contributed by atoms with Gasteiger partial charge in [0, 0.05) is 6.42 Å². The van der Waals surface area contributed by atoms with Crippen molar-refractivity contribution >= 4 is 5.91 Å². The molecule has 0 heterocycles. The summed E-state index contributed by atoms with van der Waals surface area (Å²) in [5.74, 6) is -0.0333. The molecule has 2 atom stereocenters. The second-order valence-electron chi connectivity index (χ2n) is 18.6. The minimum atomic E-state index is -0.661. The SMILES string of the molecule is CC/C=C\C/C=C\C/C=C\C/C=C\C/C=C\C/C=C\C/C=C\C/C=C\CCCCCCCCCCCCCCCCCCC(=O)NC(CO)C(O)CCCCCCCCCCCCCC. The molecule has 0 bridgehead atoms. The summed E-state index contributed by atoms with van der Waals surface area (Å²) in [5.41, 5.74) is 0. The molecule has 0 rings (SSSR count). The summed E-state index contributed by atoms with van der Waals surface area (Å²) in [7, 11) is 0. The fourth-order valence-corrected chi connectivity index (χ4v) is 8.14. The van der Waals surface area contributed by atoms with Crippen molar-refractivity contribution in [3.63, 3.8) is 0 Å². The molecular formula is C61H107NO3. The summed E-state index contributed by atoms with van der Waals surface area (Å²) in [5, 5.41) is 23.2. The maximum Gasteiger partial charge on any atom is 0.220 e. The van der Waals surface area contributed by atoms with E-state index in [-0.39, 0.29) is 12.5 Å². The summed E-state index contributed by atoms with van der Waals surface area (Å²) in [4.78, 5) is 12.4. The van der Waals surface area contributed by atoms with Crippen LogP contribution in [0.2, 0.25) is 0 Å². The van der Waals surface area contributed by atoms with E-state index in [2.05, 4.69) is 116 Å². The fraction of sp³-hybridized carbons (Fsp3) is 0.721. The summed E-state index contributed by atoms with van der Waals surface area (Å²) in [6.45, 7) is 4.24. The lowest BCUT2D eigenvalue weighted by atomic mass is 10.0. The van der Waals surface area contributed by atoms with Crippen LogP contribution in [0.5, 0.6) is 0 Å². The number of nitrogens with one attached hydrogen (secondary N) is 1. The fourth-order valence-electron chi connectivity index (χ4n) is 8.14. The Morgan fingerprint density at radius 3 is 1.02 bits per heavy atom. The van der Waals surface area contributed by atoms with Crippen molar-refractivity contribution in [3.8, 4) is 0 Å². The third-order valence-electron chi connectivity index (χ3n) is 12.4. The number of aliphatic hydroxyl groups is 2. The highest BCUT2D eigenvalue weighted by Crippen LogP contribution is 2.16. The number of allylic oxidation sites excluding steroid dienone is 16. The molecule has 0 saturated carbocycles. The van der Waals surface area contributed by atoms with E-state index in [0.717, 1.165) is 77.0 Å². The van der Waals surface area contributed by atoms with Gasteiger partial charge in [-0.2, -0.15) is 0 Å². The Morgan fingerprint density at radius 1 is 0.385 bits per heavy atom. The van der Waals surface area contributed by atoms with E-state index < -0.39 is 12.1 Å². The van der Waals surface area contributed by atoms with Gasteiger partial charge < -0.3 is 15.5 Å². The molecule has 374 valence electrons. The Hall–Kier alpha value is -2.69. The summed E-state index contributed by atoms with van der Waals surface area (Å²) in [6, 6.07) is -0.538. The Labute approximate surface area is 404 Å². The molecule has 65 heavy (non-hydrogen) atoms. The molecule has 4 nitrogen and oxygen atoms in total. The molecule has 0 saturated heterocycles. The average Bonchev–Trinajstić information content (AvgIpc) is 3.31. The third-order valence-corrected chi connectivity index (χ3v) is 12.4. The van der Waals surface area contributed by atoms with Crippen LogP contribution in [0.3, 0.4) is 0 Å². The van der Waals surface area contributed by atoms with E-state index in [9.17, 15) is 15.0 Å². The minimum Gasteiger partial charge on any atom is -0.394 e. The number of hydrogen-bond donors (Lipinski definition) is 3. The van der Waals surface area contributed by atoms with E-state index in [1.165, 1.54) is 161 Å². The zero-order valence-corrected chi connectivity index (χ0v) is 43.0. The van der Waals surface area contributed by atoms with Gasteiger partial charge in [-0.3, -0.25) is 4.79 Å². The predicted molar refractivity (Wildman–Crippen MR) is 290 cm³/mol. The Kier molecular flexibility index (Phi) is 53.3. The Balaban J connectivity index is 3.49. The molecule has 0 radical (unpaired) electrons. The number of unbranched alkanes of at least 4 members (excludes halogenated alkanes) is 27. The molecule has 0 aliphatic carbocycles. The number of amides is 1. The largest absolute Gasteiger partial charge is 0.394 e. The van der Waals surface area contributed by atoms with Crippen molar-refractivity contribution < 1.29 is 15.0 Å². The van der Waals surface area contributed by atoms with Crippen LogP contribution in [0.25, 0.3) is 0 Å². The lowest BCUT2D eigenvalue weighted by Gasteiger charge is -2.22. The molecule has 0 aliphatic rings. The second kappa shape index (κ2) is 55.6. The van der Waals surface area contributed by atoms with Crippen molar-refractivity contribution in [3.05, 3.63) is 97.2 Å². The molecular weight excluding hydrogens is 795 g/mol. The number of rotatable bonds is 50. The molecule has 2 unspecified atom stereocenters. The lowest BCUT2D eigenvalue weighted by molar-refractivity contribution is -0.123. The molecule has 3 N–H and O–H groups in total. The van der Waals surface area contributed by atoms with Gasteiger partial charge in [-0.1, -0.05) is 278 Å². The topological polar surface area (TPSA) is 69.6 Å². The molecule has 1 amide bonds. The van der Waals surface area contributed by atoms with Gasteiger partial charge in [-0.25, -0.2) is 0 Å². The zero-order valence-electron chi connectivity index (χ0n) is 43.0. The molecule has 0 aromatic heterocycles. The van der Waals surface area contributed by atoms with Crippen molar-refractivity contribution in [2.45, 2.75) is 276 Å². The van der Waals surface area contributed by atoms with Crippen molar-refractivity contribution in [2.75, 3.05) is 6.61 Å². The van der Waals surface area contributed by atoms with E-state index in [1.54, 1.807) is 0 Å². The first-order chi connectivity index (χ1) is 32.2. The predicted octanol–water partition coefficient (Wildman–Crippen LogP) is 18.5. The summed E-state index contributed by atoms with van der Waals surface area (Å²) < 4.78 is 0. The normalized spacial score (nSPS) is 13.6. The van der Waals surface area contributed by atoms with Crippen LogP contribution in [0.15, 0.2) is 97.2 Å². The molecule has 0 aromatic rings. The smallest absolute Gasteiger partial charge is 0.220 e. The first-order valence-electron chi connectivity index (χ1n) is 27.9. The van der Waals surface area contributed by atoms with Crippen LogP contribution in [0.4, 0.5) is 0 Å². The van der Waals surface area contributed by atoms with E-state index in [4.69, 9.17) is 0 Å². The molecule has 0 fully saturated rings. The van der Waals surface area contributed by atoms with Gasteiger partial charge >= 0.3 is 0 Å². The second-order valence-corrected chi connectivity index (χ2v) is 18.6. The summed E-state index contributed by atoms with van der Waals surface area (Å²) >= 11 is 0. The first kappa shape index (κ1) is 62.3. The van der Waals surface area contributed by atoms with Gasteiger partial charge in [0.15, 0.2) is 0 Å². The maximum absolute atomic E-state index is 12.4. The first-order valence-corrected chi connectivity index (χ1v) is 27.9. The minimum absolute atomic E-state index is 0.0333. The monoisotopic (exact) mass is 902 g/mol. The Morgan fingerprint density at radius 2 is 0.677 bits per heavy atom. The van der Waals surface area contributed by atoms with Crippen molar-refractivity contribution in [1.29, 1.82) is 0 Å². The van der Waals surface area contributed by atoms with Crippen LogP contribution in [0.1, 0.15) is 264 Å². The van der Waals surface area contributed by atoms with Crippen LogP contribution in [-0.4, -0.2) is 34.9 Å². The molecule has 0 aliphatic heterocycles. The quantitative estimate of drug-likeness (QED) is 0.0421. The van der Waals surface area contributed by atoms with Crippen molar-refractivity contribution in [1.82, 2.24) is 5.32 Å². The van der Waals surface area contributed by atoms with Gasteiger partial charge in [-0.15, -0.1) is 0 Å². The van der Waals surface area contributed by atoms with Gasteiger partial charge in [0.05, 0.1) is 18.8 Å². The number of hydrogen-bond acceptors (Lipinski definition) is 3. The highest BCUT2D eigenvalue weighted by atomic mass is 16.3. The van der Waals surface area contributed by atoms with E-state index >= 15 is 0 Å². The third kappa shape index (κ3) is 52.1. The van der Waals surface area contributed by atoms with Crippen molar-refractivity contribution in [2.24, 2.45) is 0 Å². The van der Waals surface area contributed by atoms with E-state index in [0.29, 0.717) is 12.8 Å². The zero-order chi connectivity index (χ0) is 47.0. The van der Waals surface area contributed by atoms with Gasteiger partial charge in [-0.05, 0) is 77.0 Å². The van der Waals surface area contributed by atoms with Gasteiger partial charge in [0.25, 0.3) is 0 Å². The molecule has 0 spiro atoms. The molecule has 0 aromatic carbocycles.